The lowest BCUT2D eigenvalue weighted by Gasteiger charge is -2.40. The molecule has 0 unspecified atom stereocenters. The first-order valence-electron chi connectivity index (χ1n) is 18.0. The summed E-state index contributed by atoms with van der Waals surface area (Å²) >= 11 is 1.98. The van der Waals surface area contributed by atoms with Crippen molar-refractivity contribution in [1.29, 1.82) is 0 Å². The van der Waals surface area contributed by atoms with Gasteiger partial charge in [0.25, 0.3) is 0 Å². The number of nitrogens with zero attached hydrogens (tertiary/aromatic N) is 3. The van der Waals surface area contributed by atoms with E-state index in [2.05, 4.69) is 199 Å². The van der Waals surface area contributed by atoms with Gasteiger partial charge in [0.2, 0.25) is 5.78 Å². The molecule has 0 saturated heterocycles. The molecule has 9 aromatic rings. The maximum atomic E-state index is 5.26. The van der Waals surface area contributed by atoms with Crippen LogP contribution in [0.15, 0.2) is 180 Å². The molecule has 1 aliphatic heterocycles. The quantitative estimate of drug-likeness (QED) is 0.137. The summed E-state index contributed by atoms with van der Waals surface area (Å²) in [6.45, 7) is 7.20. The van der Waals surface area contributed by atoms with E-state index in [0.717, 1.165) is 33.5 Å². The summed E-state index contributed by atoms with van der Waals surface area (Å²) in [7, 11) is -4.81. The van der Waals surface area contributed by atoms with Gasteiger partial charge >= 0.3 is 0 Å². The van der Waals surface area contributed by atoms with Crippen LogP contribution in [0.2, 0.25) is 13.1 Å². The molecule has 1 aliphatic rings. The predicted molar refractivity (Wildman–Crippen MR) is 225 cm³/mol. The predicted octanol–water partition coefficient (Wildman–Crippen LogP) is 7.40. The SMILES string of the molecule is Cc1cccc2c1nc1n(-c3ccc([Si](c4ccccc4)(c4ccccc4)c4cccc5c4Sc4ccccc4[Si]5(C)C)cc3)c3ccccc3n21. The Hall–Kier alpha value is -5.41. The molecular weight excluding hydrogens is 683 g/mol. The third-order valence-electron chi connectivity index (χ3n) is 11.3. The van der Waals surface area contributed by atoms with Gasteiger partial charge in [0.15, 0.2) is 8.07 Å². The van der Waals surface area contributed by atoms with Gasteiger partial charge in [-0.3, -0.25) is 8.97 Å². The van der Waals surface area contributed by atoms with E-state index < -0.39 is 16.1 Å². The average molecular weight is 720 g/mol. The molecule has 52 heavy (non-hydrogen) atoms. The van der Waals surface area contributed by atoms with E-state index in [0.29, 0.717) is 0 Å². The van der Waals surface area contributed by atoms with Crippen molar-refractivity contribution >= 4 is 86.9 Å². The van der Waals surface area contributed by atoms with Gasteiger partial charge in [-0.25, -0.2) is 4.98 Å². The number of imidazole rings is 2. The van der Waals surface area contributed by atoms with Gasteiger partial charge in [0.1, 0.15) is 8.07 Å². The highest BCUT2D eigenvalue weighted by atomic mass is 32.2. The largest absolute Gasteiger partial charge is 0.278 e. The smallest absolute Gasteiger partial charge is 0.220 e. The molecule has 0 aliphatic carbocycles. The fourth-order valence-electron chi connectivity index (χ4n) is 8.78. The van der Waals surface area contributed by atoms with Crippen molar-refractivity contribution in [2.75, 3.05) is 0 Å². The summed E-state index contributed by atoms with van der Waals surface area (Å²) in [6, 6.07) is 63.6. The van der Waals surface area contributed by atoms with Gasteiger partial charge in [0.05, 0.1) is 22.1 Å². The minimum absolute atomic E-state index is 0.937. The molecule has 250 valence electrons. The number of benzene rings is 7. The van der Waals surface area contributed by atoms with Crippen molar-refractivity contribution in [3.63, 3.8) is 0 Å². The van der Waals surface area contributed by atoms with Crippen LogP contribution in [0.5, 0.6) is 0 Å². The third-order valence-corrected chi connectivity index (χ3v) is 21.4. The molecule has 6 heteroatoms. The first kappa shape index (κ1) is 31.3. The van der Waals surface area contributed by atoms with Crippen LogP contribution in [-0.2, 0) is 0 Å². The molecule has 3 heterocycles. The molecule has 0 spiro atoms. The zero-order valence-electron chi connectivity index (χ0n) is 29.4. The zero-order valence-corrected chi connectivity index (χ0v) is 32.2. The number of hydrogen-bond acceptors (Lipinski definition) is 2. The van der Waals surface area contributed by atoms with Crippen molar-refractivity contribution in [2.45, 2.75) is 29.8 Å². The number of rotatable bonds is 5. The molecular formula is C46H37N3SSi2. The molecule has 3 nitrogen and oxygen atoms in total. The van der Waals surface area contributed by atoms with E-state index in [9.17, 15) is 0 Å². The Kier molecular flexibility index (Phi) is 7.12. The molecule has 0 atom stereocenters. The van der Waals surface area contributed by atoms with Crippen LogP contribution < -0.4 is 31.1 Å². The molecule has 0 bridgehead atoms. The van der Waals surface area contributed by atoms with Crippen LogP contribution in [0.3, 0.4) is 0 Å². The fraction of sp³-hybridized carbons (Fsp3) is 0.0652. The van der Waals surface area contributed by atoms with Crippen LogP contribution in [-0.4, -0.2) is 30.1 Å². The average Bonchev–Trinajstić information content (AvgIpc) is 3.73. The second-order valence-electron chi connectivity index (χ2n) is 14.4. The van der Waals surface area contributed by atoms with Crippen molar-refractivity contribution in [2.24, 2.45) is 0 Å². The first-order chi connectivity index (χ1) is 25.5. The van der Waals surface area contributed by atoms with Gasteiger partial charge in [-0.15, -0.1) is 0 Å². The van der Waals surface area contributed by atoms with Crippen molar-refractivity contribution < 1.29 is 0 Å². The lowest BCUT2D eigenvalue weighted by atomic mass is 10.2. The van der Waals surface area contributed by atoms with Gasteiger partial charge in [-0.1, -0.05) is 158 Å². The Labute approximate surface area is 310 Å². The Balaban J connectivity index is 1.25. The minimum Gasteiger partial charge on any atom is -0.278 e. The number of fused-ring (bicyclic) bond motifs is 7. The van der Waals surface area contributed by atoms with E-state index >= 15 is 0 Å². The first-order valence-corrected chi connectivity index (χ1v) is 23.8. The third kappa shape index (κ3) is 4.41. The monoisotopic (exact) mass is 719 g/mol. The van der Waals surface area contributed by atoms with Crippen LogP contribution in [0.1, 0.15) is 5.56 Å². The molecule has 7 aromatic carbocycles. The van der Waals surface area contributed by atoms with E-state index in [1.54, 1.807) is 0 Å². The molecule has 0 N–H and O–H groups in total. The summed E-state index contributed by atoms with van der Waals surface area (Å²) in [5.74, 6) is 0.937. The highest BCUT2D eigenvalue weighted by molar-refractivity contribution is 8.00. The molecule has 0 amide bonds. The van der Waals surface area contributed by atoms with Crippen molar-refractivity contribution in [3.05, 3.63) is 175 Å². The highest BCUT2D eigenvalue weighted by Gasteiger charge is 2.46. The molecule has 0 saturated carbocycles. The fourth-order valence-corrected chi connectivity index (χ4v) is 19.8. The lowest BCUT2D eigenvalue weighted by Crippen LogP contribution is -2.76. The summed E-state index contributed by atoms with van der Waals surface area (Å²) < 4.78 is 4.65. The van der Waals surface area contributed by atoms with E-state index in [4.69, 9.17) is 4.98 Å². The number of para-hydroxylation sites is 3. The highest BCUT2D eigenvalue weighted by Crippen LogP contribution is 2.34. The normalized spacial score (nSPS) is 13.8. The van der Waals surface area contributed by atoms with Crippen LogP contribution in [0, 0.1) is 6.92 Å². The zero-order chi connectivity index (χ0) is 35.0. The lowest BCUT2D eigenvalue weighted by molar-refractivity contribution is 1.11. The number of hydrogen-bond donors (Lipinski definition) is 0. The Morgan fingerprint density at radius 3 is 1.85 bits per heavy atom. The van der Waals surface area contributed by atoms with Crippen LogP contribution >= 0.6 is 11.8 Å². The topological polar surface area (TPSA) is 22.2 Å². The maximum Gasteiger partial charge on any atom is 0.220 e. The second kappa shape index (κ2) is 11.8. The summed E-state index contributed by atoms with van der Waals surface area (Å²) in [6.07, 6.45) is 0. The summed E-state index contributed by atoms with van der Waals surface area (Å²) in [4.78, 5) is 8.12. The Bertz CT molecular complexity index is 2760. The van der Waals surface area contributed by atoms with Crippen molar-refractivity contribution in [1.82, 2.24) is 14.0 Å². The second-order valence-corrected chi connectivity index (χ2v) is 23.6. The number of aromatic nitrogens is 3. The van der Waals surface area contributed by atoms with Gasteiger partial charge < -0.3 is 0 Å². The van der Waals surface area contributed by atoms with E-state index in [-0.39, 0.29) is 0 Å². The molecule has 0 fully saturated rings. The van der Waals surface area contributed by atoms with Gasteiger partial charge in [0, 0.05) is 15.5 Å². The Morgan fingerprint density at radius 1 is 0.538 bits per heavy atom. The van der Waals surface area contributed by atoms with Crippen LogP contribution in [0.25, 0.3) is 33.5 Å². The van der Waals surface area contributed by atoms with Crippen LogP contribution in [0.4, 0.5) is 0 Å². The summed E-state index contributed by atoms with van der Waals surface area (Å²) in [5, 5.41) is 8.71. The van der Waals surface area contributed by atoms with Gasteiger partial charge in [-0.2, -0.15) is 0 Å². The standard InChI is InChI=1S/C46H37N3SSi2/c1-32-16-14-23-39-44(32)47-46-48(37-21-10-11-22-38(37)49(39)46)33-28-30-36(31-29-33)52(34-17-6-4-7-18-34,35-19-8-5-9-20-35)43-27-15-26-42-45(43)50-40-24-12-13-25-41(40)51(42,2)3/h4-31H,1-3H3. The van der Waals surface area contributed by atoms with E-state index in [1.165, 1.54) is 46.5 Å². The summed E-state index contributed by atoms with van der Waals surface area (Å²) in [5.41, 5.74) is 6.79. The minimum atomic E-state index is -2.84. The number of aryl methyl sites for hydroxylation is 1. The Morgan fingerprint density at radius 2 is 1.12 bits per heavy atom. The van der Waals surface area contributed by atoms with Gasteiger partial charge in [-0.05, 0) is 80.0 Å². The van der Waals surface area contributed by atoms with E-state index in [1.807, 2.05) is 11.8 Å². The molecule has 2 aromatic heterocycles. The molecule has 10 rings (SSSR count). The van der Waals surface area contributed by atoms with Crippen molar-refractivity contribution in [3.8, 4) is 5.69 Å². The maximum absolute atomic E-state index is 5.26. The molecule has 0 radical (unpaired) electrons.